The van der Waals surface area contributed by atoms with Gasteiger partial charge in [-0.1, -0.05) is 20.8 Å². The minimum Gasteiger partial charge on any atom is -0.378 e. The van der Waals surface area contributed by atoms with Crippen molar-refractivity contribution in [3.8, 4) is 0 Å². The van der Waals surface area contributed by atoms with Crippen LogP contribution in [-0.2, 0) is 9.53 Å². The van der Waals surface area contributed by atoms with Crippen LogP contribution in [0.25, 0.3) is 0 Å². The highest BCUT2D eigenvalue weighted by molar-refractivity contribution is 5.81. The Morgan fingerprint density at radius 3 is 2.32 bits per heavy atom. The van der Waals surface area contributed by atoms with Gasteiger partial charge >= 0.3 is 0 Å². The smallest absolute Gasteiger partial charge is 0.136 e. The molecule has 2 nitrogen and oxygen atoms in total. The molecule has 0 aromatic rings. The first-order chi connectivity index (χ1) is 8.97. The minimum atomic E-state index is 0.347. The molecule has 0 amide bonds. The first-order valence-corrected chi connectivity index (χ1v) is 8.11. The molecule has 19 heavy (non-hydrogen) atoms. The molecule has 1 unspecified atom stereocenters. The molecule has 1 aliphatic heterocycles. The average molecular weight is 266 g/mol. The molecule has 2 rings (SSSR count). The van der Waals surface area contributed by atoms with Gasteiger partial charge in [-0.15, -0.1) is 0 Å². The van der Waals surface area contributed by atoms with Crippen LogP contribution in [-0.4, -0.2) is 18.5 Å². The van der Waals surface area contributed by atoms with Crippen molar-refractivity contribution in [2.45, 2.75) is 78.2 Å². The number of Topliss-reactive ketones (excluding diaryl/α,β-unsaturated/α-hetero) is 1. The second-order valence-electron chi connectivity index (χ2n) is 7.55. The Morgan fingerprint density at radius 2 is 1.79 bits per heavy atom. The van der Waals surface area contributed by atoms with E-state index in [0.717, 1.165) is 44.6 Å². The molecule has 110 valence electrons. The molecule has 0 spiro atoms. The molecule has 0 bridgehead atoms. The molecule has 0 N–H and O–H groups in total. The molecule has 2 fully saturated rings. The largest absolute Gasteiger partial charge is 0.378 e. The second kappa shape index (κ2) is 6.39. The van der Waals surface area contributed by atoms with Gasteiger partial charge in [0.05, 0.1) is 6.10 Å². The van der Waals surface area contributed by atoms with E-state index in [2.05, 4.69) is 20.8 Å². The molecule has 0 radical (unpaired) electrons. The lowest BCUT2D eigenvalue weighted by atomic mass is 9.69. The first-order valence-electron chi connectivity index (χ1n) is 8.11. The summed E-state index contributed by atoms with van der Waals surface area (Å²) in [7, 11) is 0. The lowest BCUT2D eigenvalue weighted by Crippen LogP contribution is -2.29. The fourth-order valence-electron chi connectivity index (χ4n) is 3.66. The van der Waals surface area contributed by atoms with Gasteiger partial charge in [0.25, 0.3) is 0 Å². The van der Waals surface area contributed by atoms with Crippen LogP contribution in [0.15, 0.2) is 0 Å². The molecular formula is C17H30O2. The summed E-state index contributed by atoms with van der Waals surface area (Å²) in [6.45, 7) is 7.89. The predicted molar refractivity (Wildman–Crippen MR) is 78.1 cm³/mol. The maximum Gasteiger partial charge on any atom is 0.136 e. The van der Waals surface area contributed by atoms with Gasteiger partial charge in [0.15, 0.2) is 0 Å². The van der Waals surface area contributed by atoms with Crippen LogP contribution in [0.3, 0.4) is 0 Å². The van der Waals surface area contributed by atoms with Gasteiger partial charge in [0, 0.05) is 18.9 Å². The summed E-state index contributed by atoms with van der Waals surface area (Å²) in [5, 5.41) is 0. The van der Waals surface area contributed by atoms with Crippen molar-refractivity contribution in [2.24, 2.45) is 17.3 Å². The van der Waals surface area contributed by atoms with Crippen LogP contribution < -0.4 is 0 Å². The van der Waals surface area contributed by atoms with Gasteiger partial charge in [0.1, 0.15) is 5.78 Å². The molecule has 1 heterocycles. The minimum absolute atomic E-state index is 0.347. The van der Waals surface area contributed by atoms with Crippen LogP contribution in [0.2, 0.25) is 0 Å². The zero-order valence-electron chi connectivity index (χ0n) is 12.9. The zero-order chi connectivity index (χ0) is 13.9. The molecule has 1 saturated carbocycles. The maximum absolute atomic E-state index is 12.3. The van der Waals surface area contributed by atoms with E-state index < -0.39 is 0 Å². The number of carbonyl (C=O) groups is 1. The summed E-state index contributed by atoms with van der Waals surface area (Å²) in [6.07, 6.45) is 9.11. The van der Waals surface area contributed by atoms with E-state index in [-0.39, 0.29) is 0 Å². The lowest BCUT2D eigenvalue weighted by molar-refractivity contribution is -0.125. The number of ketones is 1. The lowest BCUT2D eigenvalue weighted by Gasteiger charge is -2.36. The highest BCUT2D eigenvalue weighted by Crippen LogP contribution is 2.40. The fourth-order valence-corrected chi connectivity index (χ4v) is 3.66. The fraction of sp³-hybridized carbons (Fsp3) is 0.941. The summed E-state index contributed by atoms with van der Waals surface area (Å²) in [5.74, 6) is 1.65. The molecule has 1 aliphatic carbocycles. The van der Waals surface area contributed by atoms with E-state index in [1.165, 1.54) is 19.3 Å². The van der Waals surface area contributed by atoms with E-state index in [0.29, 0.717) is 23.2 Å². The molecule has 1 atom stereocenters. The molecule has 0 aromatic heterocycles. The van der Waals surface area contributed by atoms with Gasteiger partial charge in [-0.05, 0) is 56.3 Å². The van der Waals surface area contributed by atoms with Gasteiger partial charge in [-0.2, -0.15) is 0 Å². The number of hydrogen-bond donors (Lipinski definition) is 0. The van der Waals surface area contributed by atoms with Crippen LogP contribution in [0.1, 0.15) is 72.1 Å². The van der Waals surface area contributed by atoms with E-state index in [1.807, 2.05) is 0 Å². The Morgan fingerprint density at radius 1 is 1.11 bits per heavy atom. The van der Waals surface area contributed by atoms with Crippen molar-refractivity contribution in [2.75, 3.05) is 6.61 Å². The van der Waals surface area contributed by atoms with Gasteiger partial charge in [-0.3, -0.25) is 4.79 Å². The van der Waals surface area contributed by atoms with Gasteiger partial charge < -0.3 is 4.74 Å². The molecule has 2 heteroatoms. The van der Waals surface area contributed by atoms with Crippen molar-refractivity contribution < 1.29 is 9.53 Å². The number of rotatable bonds is 4. The standard InChI is InChI=1S/C17H30O2/c1-17(2,3)14-8-6-13(7-9-14)16(18)11-10-15-5-4-12-19-15/h13-15H,4-12H2,1-3H3. The summed E-state index contributed by atoms with van der Waals surface area (Å²) in [4.78, 5) is 12.3. The SMILES string of the molecule is CC(C)(C)C1CCC(C(=O)CCC2CCCO2)CC1. The topological polar surface area (TPSA) is 26.3 Å². The van der Waals surface area contributed by atoms with E-state index in [4.69, 9.17) is 4.74 Å². The Bertz CT molecular complexity index is 289. The predicted octanol–water partition coefficient (Wildman–Crippen LogP) is 4.37. The summed E-state index contributed by atoms with van der Waals surface area (Å²) in [5.41, 5.74) is 0.408. The Balaban J connectivity index is 1.70. The molecular weight excluding hydrogens is 236 g/mol. The summed E-state index contributed by atoms with van der Waals surface area (Å²) >= 11 is 0. The normalized spacial score (nSPS) is 32.5. The van der Waals surface area contributed by atoms with E-state index in [9.17, 15) is 4.79 Å². The van der Waals surface area contributed by atoms with Crippen molar-refractivity contribution in [1.82, 2.24) is 0 Å². The van der Waals surface area contributed by atoms with Gasteiger partial charge in [-0.25, -0.2) is 0 Å². The van der Waals surface area contributed by atoms with Crippen molar-refractivity contribution in [1.29, 1.82) is 0 Å². The summed E-state index contributed by atoms with van der Waals surface area (Å²) < 4.78 is 5.60. The Kier molecular flexibility index (Phi) is 5.05. The number of carbonyl (C=O) groups excluding carboxylic acids is 1. The van der Waals surface area contributed by atoms with Crippen molar-refractivity contribution in [3.63, 3.8) is 0 Å². The van der Waals surface area contributed by atoms with Crippen molar-refractivity contribution in [3.05, 3.63) is 0 Å². The third-order valence-corrected chi connectivity index (χ3v) is 5.14. The van der Waals surface area contributed by atoms with Crippen LogP contribution >= 0.6 is 0 Å². The average Bonchev–Trinajstić information content (AvgIpc) is 2.88. The van der Waals surface area contributed by atoms with E-state index in [1.54, 1.807) is 0 Å². The number of ether oxygens (including phenoxy) is 1. The first kappa shape index (κ1) is 15.0. The van der Waals surface area contributed by atoms with Crippen LogP contribution in [0.4, 0.5) is 0 Å². The Hall–Kier alpha value is -0.370. The highest BCUT2D eigenvalue weighted by Gasteiger charge is 2.32. The molecule has 2 aliphatic rings. The molecule has 0 aromatic carbocycles. The molecule has 1 saturated heterocycles. The third-order valence-electron chi connectivity index (χ3n) is 5.14. The highest BCUT2D eigenvalue weighted by atomic mass is 16.5. The second-order valence-corrected chi connectivity index (χ2v) is 7.55. The monoisotopic (exact) mass is 266 g/mol. The van der Waals surface area contributed by atoms with Gasteiger partial charge in [0.2, 0.25) is 0 Å². The zero-order valence-corrected chi connectivity index (χ0v) is 12.9. The number of hydrogen-bond acceptors (Lipinski definition) is 2. The van der Waals surface area contributed by atoms with Crippen LogP contribution in [0, 0.1) is 17.3 Å². The van der Waals surface area contributed by atoms with E-state index >= 15 is 0 Å². The maximum atomic E-state index is 12.3. The quantitative estimate of drug-likeness (QED) is 0.755. The van der Waals surface area contributed by atoms with Crippen molar-refractivity contribution >= 4 is 5.78 Å². The van der Waals surface area contributed by atoms with Crippen LogP contribution in [0.5, 0.6) is 0 Å². The Labute approximate surface area is 118 Å². The third kappa shape index (κ3) is 4.30. The summed E-state index contributed by atoms with van der Waals surface area (Å²) in [6, 6.07) is 0.